The molecule has 22 heavy (non-hydrogen) atoms. The molecule has 0 atom stereocenters. The van der Waals surface area contributed by atoms with Crippen molar-refractivity contribution >= 4 is 17.5 Å². The van der Waals surface area contributed by atoms with Gasteiger partial charge in [0.25, 0.3) is 5.91 Å². The normalized spacial score (nSPS) is 10.0. The van der Waals surface area contributed by atoms with Crippen LogP contribution in [0.15, 0.2) is 48.5 Å². The number of nitrogen functional groups attached to an aromatic ring is 1. The van der Waals surface area contributed by atoms with Crippen LogP contribution in [0.3, 0.4) is 0 Å². The predicted molar refractivity (Wildman–Crippen MR) is 83.2 cm³/mol. The van der Waals surface area contributed by atoms with E-state index in [0.717, 1.165) is 5.56 Å². The maximum Gasteiger partial charge on any atom is 0.265 e. The first kappa shape index (κ1) is 15.5. The molecule has 0 radical (unpaired) electrons. The van der Waals surface area contributed by atoms with E-state index in [9.17, 15) is 14.7 Å². The third-order valence-electron chi connectivity index (χ3n) is 3.11. The van der Waals surface area contributed by atoms with Gasteiger partial charge in [-0.1, -0.05) is 12.1 Å². The molecule has 2 amide bonds. The quantitative estimate of drug-likeness (QED) is 0.382. The molecule has 0 saturated heterocycles. The molecule has 6 nitrogen and oxygen atoms in total. The highest BCUT2D eigenvalue weighted by molar-refractivity contribution is 5.95. The van der Waals surface area contributed by atoms with E-state index >= 15 is 0 Å². The number of phenolic OH excluding ortho intramolecular Hbond substituents is 1. The summed E-state index contributed by atoms with van der Waals surface area (Å²) in [6, 6.07) is 13.2. The van der Waals surface area contributed by atoms with Crippen LogP contribution in [0.2, 0.25) is 0 Å². The summed E-state index contributed by atoms with van der Waals surface area (Å²) in [5.41, 5.74) is 3.95. The molecule has 0 saturated carbocycles. The van der Waals surface area contributed by atoms with Crippen LogP contribution in [0.25, 0.3) is 0 Å². The minimum absolute atomic E-state index is 0.139. The SMILES string of the molecule is NNC(=O)c1ccc(NC(=O)CCc2cccc(O)c2)cc1. The lowest BCUT2D eigenvalue weighted by Gasteiger charge is -2.06. The zero-order valence-electron chi connectivity index (χ0n) is 11.9. The number of hydrazine groups is 1. The van der Waals surface area contributed by atoms with Crippen molar-refractivity contribution in [3.05, 3.63) is 59.7 Å². The summed E-state index contributed by atoms with van der Waals surface area (Å²) < 4.78 is 0. The van der Waals surface area contributed by atoms with Gasteiger partial charge in [0.05, 0.1) is 0 Å². The van der Waals surface area contributed by atoms with Crippen LogP contribution in [0, 0.1) is 0 Å². The molecule has 2 rings (SSSR count). The fourth-order valence-electron chi connectivity index (χ4n) is 1.98. The number of hydrogen-bond donors (Lipinski definition) is 4. The summed E-state index contributed by atoms with van der Waals surface area (Å²) in [5, 5.41) is 12.1. The number of amides is 2. The molecular formula is C16H17N3O3. The van der Waals surface area contributed by atoms with E-state index in [1.54, 1.807) is 42.5 Å². The second-order valence-electron chi connectivity index (χ2n) is 4.77. The van der Waals surface area contributed by atoms with Crippen molar-refractivity contribution in [1.82, 2.24) is 5.43 Å². The number of aromatic hydroxyl groups is 1. The summed E-state index contributed by atoms with van der Waals surface area (Å²) >= 11 is 0. The van der Waals surface area contributed by atoms with Gasteiger partial charge in [0.1, 0.15) is 5.75 Å². The number of carbonyl (C=O) groups is 2. The van der Waals surface area contributed by atoms with Crippen LogP contribution in [0.4, 0.5) is 5.69 Å². The number of nitrogens with two attached hydrogens (primary N) is 1. The highest BCUT2D eigenvalue weighted by atomic mass is 16.3. The van der Waals surface area contributed by atoms with Crippen molar-refractivity contribution in [3.63, 3.8) is 0 Å². The summed E-state index contributed by atoms with van der Waals surface area (Å²) in [4.78, 5) is 23.2. The molecular weight excluding hydrogens is 282 g/mol. The van der Waals surface area contributed by atoms with Crippen LogP contribution in [-0.4, -0.2) is 16.9 Å². The van der Waals surface area contributed by atoms with Crippen LogP contribution in [0.1, 0.15) is 22.3 Å². The maximum absolute atomic E-state index is 11.9. The van der Waals surface area contributed by atoms with E-state index < -0.39 is 0 Å². The van der Waals surface area contributed by atoms with Crippen molar-refractivity contribution < 1.29 is 14.7 Å². The minimum Gasteiger partial charge on any atom is -0.508 e. The molecule has 0 unspecified atom stereocenters. The molecule has 0 spiro atoms. The van der Waals surface area contributed by atoms with Gasteiger partial charge in [-0.05, 0) is 48.4 Å². The monoisotopic (exact) mass is 299 g/mol. The third-order valence-corrected chi connectivity index (χ3v) is 3.11. The molecule has 114 valence electrons. The largest absolute Gasteiger partial charge is 0.508 e. The van der Waals surface area contributed by atoms with Gasteiger partial charge in [-0.25, -0.2) is 5.84 Å². The Labute approximate surface area is 127 Å². The minimum atomic E-state index is -0.387. The van der Waals surface area contributed by atoms with Gasteiger partial charge in [0, 0.05) is 17.7 Å². The van der Waals surface area contributed by atoms with Crippen molar-refractivity contribution in [2.75, 3.05) is 5.32 Å². The molecule has 0 aromatic heterocycles. The summed E-state index contributed by atoms with van der Waals surface area (Å²) in [6.07, 6.45) is 0.836. The van der Waals surface area contributed by atoms with Crippen molar-refractivity contribution in [2.45, 2.75) is 12.8 Å². The summed E-state index contributed by atoms with van der Waals surface area (Å²) in [7, 11) is 0. The topological polar surface area (TPSA) is 104 Å². The zero-order valence-corrected chi connectivity index (χ0v) is 11.9. The first-order chi connectivity index (χ1) is 10.6. The molecule has 2 aromatic rings. The smallest absolute Gasteiger partial charge is 0.265 e. The summed E-state index contributed by atoms with van der Waals surface area (Å²) in [5.74, 6) is 4.70. The molecule has 0 bridgehead atoms. The number of aryl methyl sites for hydroxylation is 1. The number of carbonyl (C=O) groups excluding carboxylic acids is 2. The second-order valence-corrected chi connectivity index (χ2v) is 4.77. The standard InChI is InChI=1S/C16H17N3O3/c17-19-16(22)12-5-7-13(8-6-12)18-15(21)9-4-11-2-1-3-14(20)10-11/h1-3,5-8,10,20H,4,9,17H2,(H,18,21)(H,19,22). The number of phenols is 1. The molecule has 0 heterocycles. The molecule has 0 aliphatic carbocycles. The van der Waals surface area contributed by atoms with Crippen molar-refractivity contribution in [2.24, 2.45) is 5.84 Å². The summed E-state index contributed by atoms with van der Waals surface area (Å²) in [6.45, 7) is 0. The molecule has 2 aromatic carbocycles. The third kappa shape index (κ3) is 4.32. The second kappa shape index (κ2) is 7.24. The first-order valence-corrected chi connectivity index (χ1v) is 6.77. The Morgan fingerprint density at radius 3 is 2.45 bits per heavy atom. The van der Waals surface area contributed by atoms with Crippen LogP contribution in [0.5, 0.6) is 5.75 Å². The van der Waals surface area contributed by atoms with E-state index in [2.05, 4.69) is 5.32 Å². The number of anilines is 1. The highest BCUT2D eigenvalue weighted by Gasteiger charge is 2.06. The average molecular weight is 299 g/mol. The van der Waals surface area contributed by atoms with Gasteiger partial charge in [0.2, 0.25) is 5.91 Å². The average Bonchev–Trinajstić information content (AvgIpc) is 2.53. The van der Waals surface area contributed by atoms with Gasteiger partial charge in [-0.15, -0.1) is 0 Å². The fraction of sp³-hybridized carbons (Fsp3) is 0.125. The number of nitrogens with one attached hydrogen (secondary N) is 2. The van der Waals surface area contributed by atoms with Crippen LogP contribution in [-0.2, 0) is 11.2 Å². The molecule has 6 heteroatoms. The Morgan fingerprint density at radius 1 is 1.09 bits per heavy atom. The van der Waals surface area contributed by atoms with E-state index in [0.29, 0.717) is 24.1 Å². The highest BCUT2D eigenvalue weighted by Crippen LogP contribution is 2.14. The van der Waals surface area contributed by atoms with Gasteiger partial charge < -0.3 is 10.4 Å². The Morgan fingerprint density at radius 2 is 1.82 bits per heavy atom. The fourth-order valence-corrected chi connectivity index (χ4v) is 1.98. The lowest BCUT2D eigenvalue weighted by atomic mass is 10.1. The number of benzene rings is 2. The van der Waals surface area contributed by atoms with Crippen molar-refractivity contribution in [1.29, 1.82) is 0 Å². The first-order valence-electron chi connectivity index (χ1n) is 6.77. The lowest BCUT2D eigenvalue weighted by molar-refractivity contribution is -0.116. The number of rotatable bonds is 5. The van der Waals surface area contributed by atoms with Crippen molar-refractivity contribution in [3.8, 4) is 5.75 Å². The van der Waals surface area contributed by atoms with E-state index in [-0.39, 0.29) is 17.6 Å². The molecule has 5 N–H and O–H groups in total. The van der Waals surface area contributed by atoms with Crippen LogP contribution < -0.4 is 16.6 Å². The molecule has 0 aliphatic heterocycles. The molecule has 0 aliphatic rings. The lowest BCUT2D eigenvalue weighted by Crippen LogP contribution is -2.29. The Balaban J connectivity index is 1.88. The zero-order chi connectivity index (χ0) is 15.9. The van der Waals surface area contributed by atoms with E-state index in [1.165, 1.54) is 0 Å². The Kier molecular flexibility index (Phi) is 5.11. The van der Waals surface area contributed by atoms with Gasteiger partial charge in [-0.2, -0.15) is 0 Å². The molecule has 0 fully saturated rings. The maximum atomic E-state index is 11.9. The van der Waals surface area contributed by atoms with Gasteiger partial charge in [0.15, 0.2) is 0 Å². The Hall–Kier alpha value is -2.86. The van der Waals surface area contributed by atoms with Gasteiger partial charge >= 0.3 is 0 Å². The Bertz CT molecular complexity index is 669. The number of hydrogen-bond acceptors (Lipinski definition) is 4. The van der Waals surface area contributed by atoms with Crippen LogP contribution >= 0.6 is 0 Å². The van der Waals surface area contributed by atoms with E-state index in [4.69, 9.17) is 5.84 Å². The van der Waals surface area contributed by atoms with E-state index in [1.807, 2.05) is 11.5 Å². The van der Waals surface area contributed by atoms with Gasteiger partial charge in [-0.3, -0.25) is 15.0 Å². The predicted octanol–water partition coefficient (Wildman–Crippen LogP) is 1.57.